The number of para-hydroxylation sites is 1. The molecule has 4 rings (SSSR count). The van der Waals surface area contributed by atoms with E-state index in [2.05, 4.69) is 25.8 Å². The predicted octanol–water partition coefficient (Wildman–Crippen LogP) is 3.04. The number of anilines is 1. The van der Waals surface area contributed by atoms with Crippen molar-refractivity contribution in [3.63, 3.8) is 0 Å². The van der Waals surface area contributed by atoms with Gasteiger partial charge in [-0.05, 0) is 23.8 Å². The van der Waals surface area contributed by atoms with E-state index in [4.69, 9.17) is 4.74 Å². The molecule has 8 nitrogen and oxygen atoms in total. The molecule has 1 saturated heterocycles. The van der Waals surface area contributed by atoms with E-state index in [1.165, 1.54) is 16.9 Å². The summed E-state index contributed by atoms with van der Waals surface area (Å²) in [5.41, 5.74) is 1.51. The third kappa shape index (κ3) is 4.65. The van der Waals surface area contributed by atoms with Crippen molar-refractivity contribution in [3.05, 3.63) is 72.1 Å². The van der Waals surface area contributed by atoms with E-state index < -0.39 is 10.0 Å². The number of rotatable bonds is 6. The monoisotopic (exact) mass is 504 g/mol. The Morgan fingerprint density at radius 1 is 1.06 bits per heavy atom. The highest BCUT2D eigenvalue weighted by Gasteiger charge is 2.28. The third-order valence-electron chi connectivity index (χ3n) is 4.89. The van der Waals surface area contributed by atoms with Crippen molar-refractivity contribution >= 4 is 37.5 Å². The quantitative estimate of drug-likeness (QED) is 0.520. The van der Waals surface area contributed by atoms with Crippen LogP contribution in [0.25, 0.3) is 5.69 Å². The second-order valence-electron chi connectivity index (χ2n) is 6.92. The number of hydrogen-bond donors (Lipinski definition) is 1. The summed E-state index contributed by atoms with van der Waals surface area (Å²) in [5, 5.41) is 4.81. The van der Waals surface area contributed by atoms with Gasteiger partial charge in [-0.15, -0.1) is 0 Å². The van der Waals surface area contributed by atoms with Gasteiger partial charge in [0.15, 0.2) is 5.69 Å². The summed E-state index contributed by atoms with van der Waals surface area (Å²) in [6.07, 6.45) is 1.53. The van der Waals surface area contributed by atoms with Gasteiger partial charge in [0.05, 0.1) is 30.0 Å². The molecule has 0 spiro atoms. The highest BCUT2D eigenvalue weighted by atomic mass is 79.9. The van der Waals surface area contributed by atoms with Crippen LogP contribution in [0.1, 0.15) is 16.1 Å². The molecule has 0 atom stereocenters. The minimum Gasteiger partial charge on any atom is -0.378 e. The Morgan fingerprint density at radius 3 is 2.45 bits per heavy atom. The summed E-state index contributed by atoms with van der Waals surface area (Å²) >= 11 is 3.33. The first-order valence-electron chi connectivity index (χ1n) is 9.68. The van der Waals surface area contributed by atoms with Gasteiger partial charge < -0.3 is 9.64 Å². The van der Waals surface area contributed by atoms with Gasteiger partial charge in [-0.2, -0.15) is 5.10 Å². The fourth-order valence-corrected chi connectivity index (χ4v) is 5.28. The maximum Gasteiger partial charge on any atom is 0.276 e. The molecular weight excluding hydrogens is 484 g/mol. The van der Waals surface area contributed by atoms with Gasteiger partial charge in [-0.25, -0.2) is 13.1 Å². The zero-order chi connectivity index (χ0) is 21.8. The Bertz CT molecular complexity index is 1180. The summed E-state index contributed by atoms with van der Waals surface area (Å²) in [7, 11) is -3.94. The van der Waals surface area contributed by atoms with E-state index in [-0.39, 0.29) is 22.2 Å². The van der Waals surface area contributed by atoms with E-state index in [0.29, 0.717) is 42.9 Å². The number of sulfonamides is 1. The van der Waals surface area contributed by atoms with Crippen molar-refractivity contribution in [2.45, 2.75) is 10.2 Å². The highest BCUT2D eigenvalue weighted by Crippen LogP contribution is 2.25. The summed E-state index contributed by atoms with van der Waals surface area (Å²) in [6, 6.07) is 15.9. The number of ether oxygens (including phenoxy) is 1. The molecule has 1 aliphatic heterocycles. The van der Waals surface area contributed by atoms with Crippen molar-refractivity contribution in [2.75, 3.05) is 31.0 Å². The van der Waals surface area contributed by atoms with Gasteiger partial charge >= 0.3 is 0 Å². The zero-order valence-electron chi connectivity index (χ0n) is 16.6. The van der Waals surface area contributed by atoms with Crippen LogP contribution in [-0.2, 0) is 20.1 Å². The first-order valence-corrected chi connectivity index (χ1v) is 12.3. The van der Waals surface area contributed by atoms with Gasteiger partial charge in [0.25, 0.3) is 15.9 Å². The predicted molar refractivity (Wildman–Crippen MR) is 120 cm³/mol. The van der Waals surface area contributed by atoms with E-state index in [1.807, 2.05) is 30.3 Å². The van der Waals surface area contributed by atoms with Crippen LogP contribution >= 0.6 is 15.9 Å². The summed E-state index contributed by atoms with van der Waals surface area (Å²) in [4.78, 5) is 14.9. The van der Waals surface area contributed by atoms with Crippen LogP contribution in [-0.4, -0.2) is 55.3 Å². The van der Waals surface area contributed by atoms with Crippen molar-refractivity contribution in [1.82, 2.24) is 14.7 Å². The fourth-order valence-electron chi connectivity index (χ4n) is 3.31. The molecule has 1 fully saturated rings. The molecule has 1 aromatic heterocycles. The van der Waals surface area contributed by atoms with Crippen LogP contribution in [0, 0.1) is 0 Å². The Labute approximate surface area is 189 Å². The van der Waals surface area contributed by atoms with Gasteiger partial charge in [0, 0.05) is 18.4 Å². The van der Waals surface area contributed by atoms with Crippen LogP contribution in [0.4, 0.5) is 5.69 Å². The van der Waals surface area contributed by atoms with Crippen molar-refractivity contribution in [3.8, 4) is 5.69 Å². The highest BCUT2D eigenvalue weighted by molar-refractivity contribution is 9.08. The second kappa shape index (κ2) is 9.21. The molecule has 0 radical (unpaired) electrons. The summed E-state index contributed by atoms with van der Waals surface area (Å²) < 4.78 is 35.7. The number of nitrogens with zero attached hydrogens (tertiary/aromatic N) is 3. The number of nitrogens with one attached hydrogen (secondary N) is 1. The number of hydrogen-bond acceptors (Lipinski definition) is 5. The minimum absolute atomic E-state index is 0.0469. The average molecular weight is 505 g/mol. The molecule has 2 aromatic carbocycles. The average Bonchev–Trinajstić information content (AvgIpc) is 3.22. The number of morpholine rings is 1. The standard InChI is InChI=1S/C21H21BrN4O4S/c22-14-16-6-4-5-9-19(16)31(28,29)24-18-15-26(17-7-2-1-3-8-17)23-20(18)21(27)25-10-12-30-13-11-25/h1-9,15,24H,10-14H2. The van der Waals surface area contributed by atoms with Gasteiger partial charge in [0.1, 0.15) is 5.69 Å². The number of benzene rings is 2. The first kappa shape index (κ1) is 21.5. The van der Waals surface area contributed by atoms with Crippen LogP contribution < -0.4 is 4.72 Å². The molecule has 1 aliphatic rings. The molecular formula is C21H21BrN4O4S. The molecule has 1 N–H and O–H groups in total. The molecule has 1 amide bonds. The topological polar surface area (TPSA) is 93.5 Å². The molecule has 10 heteroatoms. The maximum absolute atomic E-state index is 13.2. The van der Waals surface area contributed by atoms with Crippen LogP contribution in [0.3, 0.4) is 0 Å². The molecule has 0 saturated carbocycles. The number of aromatic nitrogens is 2. The lowest BCUT2D eigenvalue weighted by atomic mass is 10.2. The number of halogens is 1. The third-order valence-corrected chi connectivity index (χ3v) is 6.96. The van der Waals surface area contributed by atoms with Crippen LogP contribution in [0.15, 0.2) is 65.7 Å². The number of amides is 1. The number of alkyl halides is 1. The molecule has 0 bridgehead atoms. The Kier molecular flexibility index (Phi) is 6.40. The maximum atomic E-state index is 13.2. The van der Waals surface area contributed by atoms with Crippen molar-refractivity contribution in [2.24, 2.45) is 0 Å². The van der Waals surface area contributed by atoms with E-state index >= 15 is 0 Å². The second-order valence-corrected chi connectivity index (χ2v) is 9.13. The van der Waals surface area contributed by atoms with Crippen LogP contribution in [0.2, 0.25) is 0 Å². The summed E-state index contributed by atoms with van der Waals surface area (Å²) in [6.45, 7) is 1.72. The van der Waals surface area contributed by atoms with Crippen LogP contribution in [0.5, 0.6) is 0 Å². The SMILES string of the molecule is O=C(c1nn(-c2ccccc2)cc1NS(=O)(=O)c1ccccc1CBr)N1CCOCC1. The fraction of sp³-hybridized carbons (Fsp3) is 0.238. The van der Waals surface area contributed by atoms with Gasteiger partial charge in [-0.3, -0.25) is 9.52 Å². The largest absolute Gasteiger partial charge is 0.378 e. The summed E-state index contributed by atoms with van der Waals surface area (Å²) in [5.74, 6) is -0.343. The van der Waals surface area contributed by atoms with Gasteiger partial charge in [0.2, 0.25) is 0 Å². The van der Waals surface area contributed by atoms with Crippen molar-refractivity contribution < 1.29 is 17.9 Å². The Hall–Kier alpha value is -2.69. The molecule has 2 heterocycles. The van der Waals surface area contributed by atoms with E-state index in [9.17, 15) is 13.2 Å². The smallest absolute Gasteiger partial charge is 0.276 e. The lowest BCUT2D eigenvalue weighted by Crippen LogP contribution is -2.41. The molecule has 3 aromatic rings. The lowest BCUT2D eigenvalue weighted by Gasteiger charge is -2.26. The van der Waals surface area contributed by atoms with Crippen molar-refractivity contribution in [1.29, 1.82) is 0 Å². The lowest BCUT2D eigenvalue weighted by molar-refractivity contribution is 0.0299. The molecule has 162 valence electrons. The Morgan fingerprint density at radius 2 is 1.74 bits per heavy atom. The minimum atomic E-state index is -3.94. The first-order chi connectivity index (χ1) is 15.0. The molecule has 31 heavy (non-hydrogen) atoms. The molecule has 0 aliphatic carbocycles. The number of carbonyl (C=O) groups excluding carboxylic acids is 1. The zero-order valence-corrected chi connectivity index (χ0v) is 19.0. The normalized spacial score (nSPS) is 14.4. The van der Waals surface area contributed by atoms with Gasteiger partial charge in [-0.1, -0.05) is 52.3 Å². The van der Waals surface area contributed by atoms with E-state index in [1.54, 1.807) is 23.1 Å². The molecule has 0 unspecified atom stereocenters. The van der Waals surface area contributed by atoms with E-state index in [0.717, 1.165) is 0 Å². The number of carbonyl (C=O) groups is 1. The Balaban J connectivity index is 1.74.